The first-order chi connectivity index (χ1) is 8.13. The van der Waals surface area contributed by atoms with Crippen molar-refractivity contribution in [1.82, 2.24) is 10.2 Å². The zero-order chi connectivity index (χ0) is 13.1. The van der Waals surface area contributed by atoms with E-state index in [-0.39, 0.29) is 0 Å². The van der Waals surface area contributed by atoms with Crippen LogP contribution < -0.4 is 5.32 Å². The fourth-order valence-corrected chi connectivity index (χ4v) is 1.42. The van der Waals surface area contributed by atoms with Crippen molar-refractivity contribution in [2.75, 3.05) is 33.4 Å². The van der Waals surface area contributed by atoms with Gasteiger partial charge in [-0.1, -0.05) is 25.2 Å². The van der Waals surface area contributed by atoms with Gasteiger partial charge in [0.2, 0.25) is 0 Å². The number of nitrogens with one attached hydrogen (secondary N) is 1. The van der Waals surface area contributed by atoms with Crippen LogP contribution in [0.1, 0.15) is 27.2 Å². The summed E-state index contributed by atoms with van der Waals surface area (Å²) in [6, 6.07) is 0.484. The molecule has 0 aromatic heterocycles. The van der Waals surface area contributed by atoms with Gasteiger partial charge in [0.05, 0.1) is 0 Å². The minimum atomic E-state index is -0.395. The van der Waals surface area contributed by atoms with E-state index in [4.69, 9.17) is 0 Å². The van der Waals surface area contributed by atoms with E-state index in [1.807, 2.05) is 19.1 Å². The second-order valence-electron chi connectivity index (χ2n) is 4.39. The summed E-state index contributed by atoms with van der Waals surface area (Å²) in [6.45, 7) is 8.95. The van der Waals surface area contributed by atoms with Gasteiger partial charge in [0.15, 0.2) is 0 Å². The molecule has 0 heterocycles. The highest BCUT2D eigenvalue weighted by molar-refractivity contribution is 5.19. The quantitative estimate of drug-likeness (QED) is 0.625. The zero-order valence-corrected chi connectivity index (χ0v) is 11.7. The van der Waals surface area contributed by atoms with Gasteiger partial charge in [-0.2, -0.15) is 0 Å². The molecule has 1 unspecified atom stereocenters. The molecule has 0 radical (unpaired) electrons. The Hall–Kier alpha value is -0.670. The number of hydrogen-bond donors (Lipinski definition) is 1. The second-order valence-corrected chi connectivity index (χ2v) is 4.39. The first kappa shape index (κ1) is 16.3. The van der Waals surface area contributed by atoms with Crippen molar-refractivity contribution in [3.8, 4) is 0 Å². The Labute approximate surface area is 106 Å². The summed E-state index contributed by atoms with van der Waals surface area (Å²) in [4.78, 5) is 2.30. The Morgan fingerprint density at radius 2 is 2.18 bits per heavy atom. The fourth-order valence-electron chi connectivity index (χ4n) is 1.42. The van der Waals surface area contributed by atoms with Gasteiger partial charge in [0, 0.05) is 12.6 Å². The molecule has 100 valence electrons. The maximum Gasteiger partial charge on any atom is 0.108 e. The van der Waals surface area contributed by atoms with Crippen LogP contribution in [0, 0.1) is 0 Å². The van der Waals surface area contributed by atoms with Crippen molar-refractivity contribution < 1.29 is 4.39 Å². The third-order valence-corrected chi connectivity index (χ3v) is 2.93. The fraction of sp³-hybridized carbons (Fsp3) is 0.714. The third kappa shape index (κ3) is 9.07. The molecule has 3 heteroatoms. The lowest BCUT2D eigenvalue weighted by molar-refractivity contribution is 0.327. The number of hydrogen-bond acceptors (Lipinski definition) is 2. The molecule has 0 saturated carbocycles. The van der Waals surface area contributed by atoms with Crippen molar-refractivity contribution in [2.45, 2.75) is 33.2 Å². The minimum Gasteiger partial charge on any atom is -0.310 e. The Morgan fingerprint density at radius 1 is 1.47 bits per heavy atom. The first-order valence-corrected chi connectivity index (χ1v) is 6.43. The van der Waals surface area contributed by atoms with Crippen LogP contribution in [0.15, 0.2) is 23.8 Å². The molecule has 0 spiro atoms. The lowest BCUT2D eigenvalue weighted by Gasteiger charge is -2.18. The Bertz CT molecular complexity index is 236. The van der Waals surface area contributed by atoms with Crippen molar-refractivity contribution in [3.63, 3.8) is 0 Å². The van der Waals surface area contributed by atoms with Crippen LogP contribution in [0.4, 0.5) is 4.39 Å². The smallest absolute Gasteiger partial charge is 0.108 e. The summed E-state index contributed by atoms with van der Waals surface area (Å²) >= 11 is 0. The van der Waals surface area contributed by atoms with E-state index in [0.29, 0.717) is 6.04 Å². The van der Waals surface area contributed by atoms with Gasteiger partial charge in [0.1, 0.15) is 6.67 Å². The van der Waals surface area contributed by atoms with Gasteiger partial charge >= 0.3 is 0 Å². The zero-order valence-electron chi connectivity index (χ0n) is 11.7. The molecule has 0 aliphatic carbocycles. The lowest BCUT2D eigenvalue weighted by Crippen LogP contribution is -2.32. The maximum atomic E-state index is 12.0. The topological polar surface area (TPSA) is 15.3 Å². The summed E-state index contributed by atoms with van der Waals surface area (Å²) in [5.41, 5.74) is 1.14. The maximum absolute atomic E-state index is 12.0. The van der Waals surface area contributed by atoms with Crippen LogP contribution in [0.25, 0.3) is 0 Å². The highest BCUT2D eigenvalue weighted by Crippen LogP contribution is 1.99. The van der Waals surface area contributed by atoms with E-state index in [1.54, 1.807) is 6.08 Å². The van der Waals surface area contributed by atoms with Crippen molar-refractivity contribution >= 4 is 0 Å². The summed E-state index contributed by atoms with van der Waals surface area (Å²) in [6.07, 6.45) is 6.54. The Morgan fingerprint density at radius 3 is 2.71 bits per heavy atom. The molecule has 1 N–H and O–H groups in total. The molecule has 2 nitrogen and oxygen atoms in total. The molecule has 1 atom stereocenters. The molecule has 0 aliphatic heterocycles. The molecule has 0 saturated heterocycles. The standard InChI is InChI=1S/C14H27FN2/c1-5-14(8-7-10-15)12-16-13(3)9-11-17(4)6-2/h5,7-8,13,16H,6,9-12H2,1-4H3/b8-7-,14-5+. The van der Waals surface area contributed by atoms with E-state index >= 15 is 0 Å². The van der Waals surface area contributed by atoms with Gasteiger partial charge in [-0.3, -0.25) is 0 Å². The average molecular weight is 242 g/mol. The van der Waals surface area contributed by atoms with Crippen LogP contribution in [-0.4, -0.2) is 44.3 Å². The SMILES string of the molecule is C/C=C(\C=C/CF)CNC(C)CCN(C)CC. The van der Waals surface area contributed by atoms with Gasteiger partial charge < -0.3 is 10.2 Å². The number of rotatable bonds is 9. The van der Waals surface area contributed by atoms with Crippen molar-refractivity contribution in [3.05, 3.63) is 23.8 Å². The molecule has 0 aromatic rings. The van der Waals surface area contributed by atoms with Crippen LogP contribution in [-0.2, 0) is 0 Å². The van der Waals surface area contributed by atoms with Crippen LogP contribution in [0.3, 0.4) is 0 Å². The third-order valence-electron chi connectivity index (χ3n) is 2.93. The summed E-state index contributed by atoms with van der Waals surface area (Å²) in [5, 5.41) is 3.45. The lowest BCUT2D eigenvalue weighted by atomic mass is 10.2. The van der Waals surface area contributed by atoms with Gasteiger partial charge in [-0.25, -0.2) is 4.39 Å². The average Bonchev–Trinajstić information content (AvgIpc) is 2.36. The Kier molecular flexibility index (Phi) is 10.1. The molecule has 17 heavy (non-hydrogen) atoms. The molecule has 0 bridgehead atoms. The number of alkyl halides is 1. The van der Waals surface area contributed by atoms with E-state index in [1.165, 1.54) is 0 Å². The molecule has 0 rings (SSSR count). The molecular formula is C14H27FN2. The molecule has 0 aliphatic rings. The first-order valence-electron chi connectivity index (χ1n) is 6.43. The summed E-state index contributed by atoms with van der Waals surface area (Å²) in [7, 11) is 2.13. The highest BCUT2D eigenvalue weighted by Gasteiger charge is 2.03. The Balaban J connectivity index is 3.81. The normalized spacial score (nSPS) is 14.8. The van der Waals surface area contributed by atoms with E-state index in [9.17, 15) is 4.39 Å². The van der Waals surface area contributed by atoms with Crippen LogP contribution >= 0.6 is 0 Å². The van der Waals surface area contributed by atoms with E-state index < -0.39 is 6.67 Å². The number of allylic oxidation sites excluding steroid dienone is 2. The van der Waals surface area contributed by atoms with E-state index in [0.717, 1.165) is 31.6 Å². The van der Waals surface area contributed by atoms with Crippen LogP contribution in [0.2, 0.25) is 0 Å². The van der Waals surface area contributed by atoms with Crippen molar-refractivity contribution in [1.29, 1.82) is 0 Å². The second kappa shape index (κ2) is 10.5. The number of nitrogens with zero attached hydrogens (tertiary/aromatic N) is 1. The molecule has 0 fully saturated rings. The van der Waals surface area contributed by atoms with Gasteiger partial charge in [-0.05, 0) is 46.0 Å². The van der Waals surface area contributed by atoms with E-state index in [2.05, 4.69) is 31.1 Å². The van der Waals surface area contributed by atoms with Crippen LogP contribution in [0.5, 0.6) is 0 Å². The van der Waals surface area contributed by atoms with Crippen molar-refractivity contribution in [2.24, 2.45) is 0 Å². The minimum absolute atomic E-state index is 0.395. The molecular weight excluding hydrogens is 215 g/mol. The molecule has 0 aromatic carbocycles. The summed E-state index contributed by atoms with van der Waals surface area (Å²) < 4.78 is 12.0. The molecule has 0 amide bonds. The largest absolute Gasteiger partial charge is 0.310 e. The predicted molar refractivity (Wildman–Crippen MR) is 74.1 cm³/mol. The highest BCUT2D eigenvalue weighted by atomic mass is 19.1. The monoisotopic (exact) mass is 242 g/mol. The van der Waals surface area contributed by atoms with Gasteiger partial charge in [-0.15, -0.1) is 0 Å². The van der Waals surface area contributed by atoms with Gasteiger partial charge in [0.25, 0.3) is 0 Å². The summed E-state index contributed by atoms with van der Waals surface area (Å²) in [5.74, 6) is 0. The predicted octanol–water partition coefficient (Wildman–Crippen LogP) is 2.78. The number of halogens is 1.